The summed E-state index contributed by atoms with van der Waals surface area (Å²) in [5.74, 6) is 1.19. The van der Waals surface area contributed by atoms with Crippen molar-refractivity contribution >= 4 is 16.6 Å². The van der Waals surface area contributed by atoms with E-state index >= 15 is 0 Å². The zero-order valence-electron chi connectivity index (χ0n) is 13.9. The summed E-state index contributed by atoms with van der Waals surface area (Å²) >= 11 is 0. The predicted molar refractivity (Wildman–Crippen MR) is 96.9 cm³/mol. The number of nitrogens with zero attached hydrogens (tertiary/aromatic N) is 2. The highest BCUT2D eigenvalue weighted by molar-refractivity contribution is 5.91. The van der Waals surface area contributed by atoms with E-state index < -0.39 is 0 Å². The van der Waals surface area contributed by atoms with Crippen LogP contribution < -0.4 is 10.5 Å². The Hall–Kier alpha value is -2.66. The molecule has 1 fully saturated rings. The number of ether oxygens (including phenoxy) is 1. The predicted octanol–water partition coefficient (Wildman–Crippen LogP) is 3.61. The Kier molecular flexibility index (Phi) is 4.24. The number of benzene rings is 2. The van der Waals surface area contributed by atoms with Gasteiger partial charge in [0.1, 0.15) is 23.5 Å². The standard InChI is InChI=1S/C20H20FN3O/c21-16-3-1-2-14(10-16)12-24-9-7-18(13-24)25-17-4-5-19-15(11-17)6-8-23-20(19)22/h1-6,8,10-11,18H,7,9,12-13H2,(H2,22,23). The van der Waals surface area contributed by atoms with Gasteiger partial charge in [-0.25, -0.2) is 9.37 Å². The molecule has 0 amide bonds. The van der Waals surface area contributed by atoms with Crippen LogP contribution in [-0.4, -0.2) is 29.1 Å². The molecule has 2 N–H and O–H groups in total. The maximum absolute atomic E-state index is 13.3. The van der Waals surface area contributed by atoms with Crippen LogP contribution in [0.4, 0.5) is 10.2 Å². The molecular formula is C20H20FN3O. The topological polar surface area (TPSA) is 51.4 Å². The molecule has 128 valence electrons. The van der Waals surface area contributed by atoms with Crippen molar-refractivity contribution in [2.45, 2.75) is 19.1 Å². The normalized spacial score (nSPS) is 17.9. The number of pyridine rings is 1. The Labute approximate surface area is 146 Å². The van der Waals surface area contributed by atoms with Gasteiger partial charge in [-0.05, 0) is 53.8 Å². The highest BCUT2D eigenvalue weighted by Crippen LogP contribution is 2.26. The van der Waals surface area contributed by atoms with Crippen LogP contribution in [0.25, 0.3) is 10.8 Å². The van der Waals surface area contributed by atoms with Gasteiger partial charge >= 0.3 is 0 Å². The first-order chi connectivity index (χ1) is 12.2. The molecule has 1 aliphatic heterocycles. The summed E-state index contributed by atoms with van der Waals surface area (Å²) in [6, 6.07) is 14.6. The molecule has 4 rings (SSSR count). The van der Waals surface area contributed by atoms with Gasteiger partial charge in [0.05, 0.1) is 0 Å². The van der Waals surface area contributed by atoms with E-state index in [0.29, 0.717) is 5.82 Å². The van der Waals surface area contributed by atoms with Crippen LogP contribution in [0.5, 0.6) is 5.75 Å². The fourth-order valence-electron chi connectivity index (χ4n) is 3.38. The average molecular weight is 337 g/mol. The first-order valence-electron chi connectivity index (χ1n) is 8.45. The lowest BCUT2D eigenvalue weighted by Crippen LogP contribution is -2.24. The molecule has 0 aliphatic carbocycles. The number of anilines is 1. The molecule has 0 spiro atoms. The summed E-state index contributed by atoms with van der Waals surface area (Å²) in [6.45, 7) is 2.54. The highest BCUT2D eigenvalue weighted by Gasteiger charge is 2.24. The van der Waals surface area contributed by atoms with Crippen molar-refractivity contribution < 1.29 is 9.13 Å². The molecule has 1 saturated heterocycles. The number of hydrogen-bond donors (Lipinski definition) is 1. The fraction of sp³-hybridized carbons (Fsp3) is 0.250. The Balaban J connectivity index is 1.41. The lowest BCUT2D eigenvalue weighted by atomic mass is 10.1. The second-order valence-electron chi connectivity index (χ2n) is 6.47. The van der Waals surface area contributed by atoms with Crippen molar-refractivity contribution in [3.63, 3.8) is 0 Å². The van der Waals surface area contributed by atoms with E-state index in [1.54, 1.807) is 18.3 Å². The van der Waals surface area contributed by atoms with E-state index in [0.717, 1.165) is 48.1 Å². The van der Waals surface area contributed by atoms with Crippen molar-refractivity contribution in [1.82, 2.24) is 9.88 Å². The van der Waals surface area contributed by atoms with Gasteiger partial charge < -0.3 is 10.5 Å². The third-order valence-corrected chi connectivity index (χ3v) is 4.59. The van der Waals surface area contributed by atoms with Crippen molar-refractivity contribution in [3.8, 4) is 5.75 Å². The van der Waals surface area contributed by atoms with Crippen molar-refractivity contribution in [2.24, 2.45) is 0 Å². The van der Waals surface area contributed by atoms with Crippen LogP contribution in [0.2, 0.25) is 0 Å². The minimum absolute atomic E-state index is 0.144. The monoisotopic (exact) mass is 337 g/mol. The molecular weight excluding hydrogens is 317 g/mol. The van der Waals surface area contributed by atoms with Gasteiger partial charge in [-0.3, -0.25) is 4.90 Å². The van der Waals surface area contributed by atoms with Crippen LogP contribution in [-0.2, 0) is 6.54 Å². The average Bonchev–Trinajstić information content (AvgIpc) is 3.02. The number of halogens is 1. The third-order valence-electron chi connectivity index (χ3n) is 4.59. The lowest BCUT2D eigenvalue weighted by Gasteiger charge is -2.17. The second kappa shape index (κ2) is 6.69. The molecule has 25 heavy (non-hydrogen) atoms. The molecule has 1 atom stereocenters. The Morgan fingerprint density at radius 3 is 3.00 bits per heavy atom. The summed E-state index contributed by atoms with van der Waals surface area (Å²) in [5.41, 5.74) is 6.88. The molecule has 1 unspecified atom stereocenters. The number of aromatic nitrogens is 1. The number of nitrogens with two attached hydrogens (primary N) is 1. The van der Waals surface area contributed by atoms with Gasteiger partial charge in [-0.15, -0.1) is 0 Å². The number of hydrogen-bond acceptors (Lipinski definition) is 4. The number of likely N-dealkylation sites (tertiary alicyclic amines) is 1. The first kappa shape index (κ1) is 15.8. The maximum atomic E-state index is 13.3. The number of rotatable bonds is 4. The van der Waals surface area contributed by atoms with Crippen LogP contribution in [0.1, 0.15) is 12.0 Å². The zero-order valence-corrected chi connectivity index (χ0v) is 13.9. The summed E-state index contributed by atoms with van der Waals surface area (Å²) < 4.78 is 19.4. The van der Waals surface area contributed by atoms with E-state index in [2.05, 4.69) is 9.88 Å². The number of fused-ring (bicyclic) bond motifs is 1. The quantitative estimate of drug-likeness (QED) is 0.790. The first-order valence-corrected chi connectivity index (χ1v) is 8.45. The molecule has 5 heteroatoms. The third kappa shape index (κ3) is 3.56. The minimum Gasteiger partial charge on any atom is -0.489 e. The molecule has 1 aliphatic rings. The van der Waals surface area contributed by atoms with Crippen LogP contribution in [0.15, 0.2) is 54.7 Å². The summed E-state index contributed by atoms with van der Waals surface area (Å²) in [5, 5.41) is 1.97. The second-order valence-corrected chi connectivity index (χ2v) is 6.47. The Bertz CT molecular complexity index is 899. The van der Waals surface area contributed by atoms with Gasteiger partial charge in [0.15, 0.2) is 0 Å². The summed E-state index contributed by atoms with van der Waals surface area (Å²) in [7, 11) is 0. The van der Waals surface area contributed by atoms with Crippen LogP contribution in [0.3, 0.4) is 0 Å². The van der Waals surface area contributed by atoms with E-state index in [1.807, 2.05) is 30.3 Å². The Morgan fingerprint density at radius 2 is 2.12 bits per heavy atom. The van der Waals surface area contributed by atoms with Gasteiger partial charge in [0.2, 0.25) is 0 Å². The largest absolute Gasteiger partial charge is 0.489 e. The van der Waals surface area contributed by atoms with E-state index in [-0.39, 0.29) is 11.9 Å². The molecule has 0 bridgehead atoms. The fourth-order valence-corrected chi connectivity index (χ4v) is 3.38. The van der Waals surface area contributed by atoms with Crippen LogP contribution >= 0.6 is 0 Å². The zero-order chi connectivity index (χ0) is 17.2. The van der Waals surface area contributed by atoms with E-state index in [1.165, 1.54) is 6.07 Å². The van der Waals surface area contributed by atoms with Gasteiger partial charge in [0.25, 0.3) is 0 Å². The minimum atomic E-state index is -0.186. The smallest absolute Gasteiger partial charge is 0.131 e. The van der Waals surface area contributed by atoms with Gasteiger partial charge in [-0.1, -0.05) is 12.1 Å². The summed E-state index contributed by atoms with van der Waals surface area (Å²) in [6.07, 6.45) is 2.81. The van der Waals surface area contributed by atoms with Gasteiger partial charge in [0, 0.05) is 31.2 Å². The molecule has 3 aromatic rings. The van der Waals surface area contributed by atoms with Crippen molar-refractivity contribution in [1.29, 1.82) is 0 Å². The SMILES string of the molecule is Nc1nccc2cc(OC3CCN(Cc4cccc(F)c4)C3)ccc12. The summed E-state index contributed by atoms with van der Waals surface area (Å²) in [4.78, 5) is 6.39. The molecule has 4 nitrogen and oxygen atoms in total. The molecule has 0 saturated carbocycles. The van der Waals surface area contributed by atoms with E-state index in [4.69, 9.17) is 10.5 Å². The molecule has 0 radical (unpaired) electrons. The van der Waals surface area contributed by atoms with Gasteiger partial charge in [-0.2, -0.15) is 0 Å². The lowest BCUT2D eigenvalue weighted by molar-refractivity contribution is 0.198. The van der Waals surface area contributed by atoms with Crippen molar-refractivity contribution in [3.05, 3.63) is 66.1 Å². The number of nitrogen functional groups attached to an aromatic ring is 1. The highest BCUT2D eigenvalue weighted by atomic mass is 19.1. The maximum Gasteiger partial charge on any atom is 0.131 e. The molecule has 1 aromatic heterocycles. The van der Waals surface area contributed by atoms with Crippen molar-refractivity contribution in [2.75, 3.05) is 18.8 Å². The molecule has 2 aromatic carbocycles. The van der Waals surface area contributed by atoms with Crippen LogP contribution in [0, 0.1) is 5.82 Å². The van der Waals surface area contributed by atoms with E-state index in [9.17, 15) is 4.39 Å². The Morgan fingerprint density at radius 1 is 1.20 bits per heavy atom. The molecule has 2 heterocycles.